The second-order valence-corrected chi connectivity index (χ2v) is 3.81. The zero-order valence-corrected chi connectivity index (χ0v) is 6.78. The number of piperidine rings is 1. The van der Waals surface area contributed by atoms with Crippen molar-refractivity contribution in [1.29, 1.82) is 0 Å². The summed E-state index contributed by atoms with van der Waals surface area (Å²) in [6.07, 6.45) is 1.44. The highest BCUT2D eigenvalue weighted by atomic mass is 15.1. The summed E-state index contributed by atoms with van der Waals surface area (Å²) in [6, 6.07) is 0. The molecule has 1 N–H and O–H groups in total. The molecule has 1 unspecified atom stereocenters. The van der Waals surface area contributed by atoms with Crippen molar-refractivity contribution >= 4 is 0 Å². The van der Waals surface area contributed by atoms with Crippen molar-refractivity contribution in [1.82, 2.24) is 0 Å². The molecule has 0 aromatic heterocycles. The van der Waals surface area contributed by atoms with E-state index in [-0.39, 0.29) is 0 Å². The quantitative estimate of drug-likeness (QED) is 0.474. The van der Waals surface area contributed by atoms with Gasteiger partial charge in [-0.1, -0.05) is 13.8 Å². The SMILES string of the molecule is C[C@@H]1C[C@H](C)C[NH+](C)C1. The second-order valence-electron chi connectivity index (χ2n) is 3.81. The summed E-state index contributed by atoms with van der Waals surface area (Å²) < 4.78 is 0. The lowest BCUT2D eigenvalue weighted by Crippen LogP contribution is -3.11. The van der Waals surface area contributed by atoms with Crippen LogP contribution in [0, 0.1) is 11.8 Å². The average Bonchev–Trinajstić information content (AvgIpc) is 1.59. The van der Waals surface area contributed by atoms with Crippen molar-refractivity contribution in [2.75, 3.05) is 20.1 Å². The molecule has 54 valence electrons. The van der Waals surface area contributed by atoms with Crippen molar-refractivity contribution in [3.8, 4) is 0 Å². The number of quaternary nitrogens is 1. The van der Waals surface area contributed by atoms with Gasteiger partial charge in [0.2, 0.25) is 0 Å². The van der Waals surface area contributed by atoms with Crippen LogP contribution in [0.1, 0.15) is 20.3 Å². The Kier molecular flexibility index (Phi) is 2.12. The zero-order valence-electron chi connectivity index (χ0n) is 6.78. The van der Waals surface area contributed by atoms with E-state index in [1.54, 1.807) is 4.90 Å². The van der Waals surface area contributed by atoms with Gasteiger partial charge in [0, 0.05) is 11.8 Å². The lowest BCUT2D eigenvalue weighted by Gasteiger charge is -2.28. The van der Waals surface area contributed by atoms with Crippen molar-refractivity contribution < 1.29 is 4.90 Å². The first-order valence-corrected chi connectivity index (χ1v) is 3.99. The first kappa shape index (κ1) is 7.07. The summed E-state index contributed by atoms with van der Waals surface area (Å²) in [6.45, 7) is 7.48. The van der Waals surface area contributed by atoms with Gasteiger partial charge in [-0.3, -0.25) is 0 Å². The third-order valence-corrected chi connectivity index (χ3v) is 2.20. The number of hydrogen-bond donors (Lipinski definition) is 1. The van der Waals surface area contributed by atoms with E-state index in [1.165, 1.54) is 19.5 Å². The highest BCUT2D eigenvalue weighted by Gasteiger charge is 2.21. The molecule has 0 aromatic carbocycles. The molecular formula is C8H18N+. The summed E-state index contributed by atoms with van der Waals surface area (Å²) >= 11 is 0. The van der Waals surface area contributed by atoms with Gasteiger partial charge >= 0.3 is 0 Å². The summed E-state index contributed by atoms with van der Waals surface area (Å²) in [5, 5.41) is 0. The molecule has 1 nitrogen and oxygen atoms in total. The molecule has 0 aromatic rings. The molecule has 1 rings (SSSR count). The lowest BCUT2D eigenvalue weighted by molar-refractivity contribution is -0.892. The summed E-state index contributed by atoms with van der Waals surface area (Å²) in [7, 11) is 2.30. The molecular weight excluding hydrogens is 110 g/mol. The highest BCUT2D eigenvalue weighted by molar-refractivity contribution is 4.61. The van der Waals surface area contributed by atoms with E-state index in [2.05, 4.69) is 20.9 Å². The fourth-order valence-electron chi connectivity index (χ4n) is 2.13. The normalized spacial score (nSPS) is 45.0. The van der Waals surface area contributed by atoms with Gasteiger partial charge in [0.25, 0.3) is 0 Å². The Balaban J connectivity index is 2.34. The molecule has 1 heterocycles. The van der Waals surface area contributed by atoms with Gasteiger partial charge in [0.15, 0.2) is 0 Å². The van der Waals surface area contributed by atoms with Crippen LogP contribution < -0.4 is 4.90 Å². The maximum atomic E-state index is 2.36. The number of likely N-dealkylation sites (tertiary alicyclic amines) is 1. The van der Waals surface area contributed by atoms with Crippen LogP contribution >= 0.6 is 0 Å². The minimum absolute atomic E-state index is 0.953. The van der Waals surface area contributed by atoms with Crippen LogP contribution in [0.2, 0.25) is 0 Å². The monoisotopic (exact) mass is 128 g/mol. The maximum absolute atomic E-state index is 2.36. The Morgan fingerprint density at radius 3 is 1.89 bits per heavy atom. The molecule has 1 heteroatoms. The predicted octanol–water partition coefficient (Wildman–Crippen LogP) is 0.177. The largest absolute Gasteiger partial charge is 0.337 e. The third-order valence-electron chi connectivity index (χ3n) is 2.20. The van der Waals surface area contributed by atoms with Crippen LogP contribution in [-0.2, 0) is 0 Å². The minimum atomic E-state index is 0.953. The molecule has 0 bridgehead atoms. The smallest absolute Gasteiger partial charge is 0.0795 e. The van der Waals surface area contributed by atoms with Crippen LogP contribution in [0.25, 0.3) is 0 Å². The lowest BCUT2D eigenvalue weighted by atomic mass is 9.92. The maximum Gasteiger partial charge on any atom is 0.0795 e. The van der Waals surface area contributed by atoms with E-state index in [9.17, 15) is 0 Å². The highest BCUT2D eigenvalue weighted by Crippen LogP contribution is 2.11. The summed E-state index contributed by atoms with van der Waals surface area (Å²) in [4.78, 5) is 1.71. The van der Waals surface area contributed by atoms with Crippen molar-refractivity contribution in [2.24, 2.45) is 11.8 Å². The van der Waals surface area contributed by atoms with Gasteiger partial charge in [0.05, 0.1) is 20.1 Å². The van der Waals surface area contributed by atoms with Gasteiger partial charge in [0.1, 0.15) is 0 Å². The van der Waals surface area contributed by atoms with Gasteiger partial charge in [-0.05, 0) is 6.42 Å². The van der Waals surface area contributed by atoms with Gasteiger partial charge < -0.3 is 4.90 Å². The molecule has 0 aliphatic carbocycles. The van der Waals surface area contributed by atoms with Gasteiger partial charge in [-0.25, -0.2) is 0 Å². The molecule has 9 heavy (non-hydrogen) atoms. The number of nitrogens with one attached hydrogen (secondary N) is 1. The van der Waals surface area contributed by atoms with Crippen LogP contribution in [0.3, 0.4) is 0 Å². The Morgan fingerprint density at radius 2 is 1.56 bits per heavy atom. The number of rotatable bonds is 0. The van der Waals surface area contributed by atoms with Gasteiger partial charge in [-0.2, -0.15) is 0 Å². The van der Waals surface area contributed by atoms with E-state index in [1.807, 2.05) is 0 Å². The Morgan fingerprint density at radius 1 is 1.11 bits per heavy atom. The van der Waals surface area contributed by atoms with Crippen LogP contribution in [0.15, 0.2) is 0 Å². The molecule has 1 saturated heterocycles. The van der Waals surface area contributed by atoms with E-state index in [4.69, 9.17) is 0 Å². The molecule has 0 spiro atoms. The van der Waals surface area contributed by atoms with E-state index in [0.717, 1.165) is 11.8 Å². The van der Waals surface area contributed by atoms with Crippen LogP contribution in [0.5, 0.6) is 0 Å². The molecule has 3 atom stereocenters. The number of hydrogen-bond acceptors (Lipinski definition) is 0. The van der Waals surface area contributed by atoms with E-state index in [0.29, 0.717) is 0 Å². The Hall–Kier alpha value is -0.0400. The molecule has 0 saturated carbocycles. The summed E-state index contributed by atoms with van der Waals surface area (Å²) in [5.74, 6) is 1.91. The fraction of sp³-hybridized carbons (Fsp3) is 1.00. The van der Waals surface area contributed by atoms with Gasteiger partial charge in [-0.15, -0.1) is 0 Å². The second kappa shape index (κ2) is 2.70. The molecule has 1 aliphatic rings. The molecule has 0 radical (unpaired) electrons. The average molecular weight is 128 g/mol. The van der Waals surface area contributed by atoms with Crippen LogP contribution in [0.4, 0.5) is 0 Å². The predicted molar refractivity (Wildman–Crippen MR) is 39.6 cm³/mol. The van der Waals surface area contributed by atoms with Crippen molar-refractivity contribution in [2.45, 2.75) is 20.3 Å². The molecule has 1 fully saturated rings. The van der Waals surface area contributed by atoms with Crippen LogP contribution in [-0.4, -0.2) is 20.1 Å². The topological polar surface area (TPSA) is 4.44 Å². The molecule has 1 aliphatic heterocycles. The zero-order chi connectivity index (χ0) is 6.85. The fourth-order valence-corrected chi connectivity index (χ4v) is 2.13. The minimum Gasteiger partial charge on any atom is -0.337 e. The first-order valence-electron chi connectivity index (χ1n) is 3.99. The summed E-state index contributed by atoms with van der Waals surface area (Å²) in [5.41, 5.74) is 0. The Labute approximate surface area is 58.0 Å². The standard InChI is InChI=1S/C8H17N/c1-7-4-8(2)6-9(3)5-7/h7-8H,4-6H2,1-3H3/p+1/t7-,8+. The van der Waals surface area contributed by atoms with E-state index < -0.39 is 0 Å². The Bertz CT molecular complexity index is 65.5. The van der Waals surface area contributed by atoms with Crippen molar-refractivity contribution in [3.05, 3.63) is 0 Å². The third kappa shape index (κ3) is 1.98. The first-order chi connectivity index (χ1) is 4.18. The molecule has 0 amide bonds. The van der Waals surface area contributed by atoms with E-state index >= 15 is 0 Å². The van der Waals surface area contributed by atoms with Crippen molar-refractivity contribution in [3.63, 3.8) is 0 Å².